The maximum absolute atomic E-state index is 9.55. The highest BCUT2D eigenvalue weighted by Gasteiger charge is 2.30. The summed E-state index contributed by atoms with van der Waals surface area (Å²) in [7, 11) is 3.95. The van der Waals surface area contributed by atoms with Crippen LogP contribution in [0.15, 0.2) is 53.9 Å². The topological polar surface area (TPSA) is 62.3 Å². The second-order valence-corrected chi connectivity index (χ2v) is 5.96. The molecule has 2 aromatic carbocycles. The van der Waals surface area contributed by atoms with Crippen LogP contribution in [0.2, 0.25) is 0 Å². The molecule has 4 nitrogen and oxygen atoms in total. The Bertz CT molecular complexity index is 831. The predicted octanol–water partition coefficient (Wildman–Crippen LogP) is 3.28. The van der Waals surface area contributed by atoms with Crippen molar-refractivity contribution in [2.45, 2.75) is 12.8 Å². The van der Waals surface area contributed by atoms with E-state index in [0.717, 1.165) is 22.4 Å². The van der Waals surface area contributed by atoms with Crippen LogP contribution < -0.4 is 15.4 Å². The Morgan fingerprint density at radius 1 is 1.17 bits per heavy atom. The van der Waals surface area contributed by atoms with Gasteiger partial charge in [-0.25, -0.2) is 0 Å². The minimum atomic E-state index is -0.195. The SMILES string of the molecule is Cc1cccc(C2C(C#N)=C(N)Oc3cc(N(C)C)ccc32)c1. The second kappa shape index (κ2) is 5.69. The highest BCUT2D eigenvalue weighted by atomic mass is 16.5. The lowest BCUT2D eigenvalue weighted by Crippen LogP contribution is -2.21. The quantitative estimate of drug-likeness (QED) is 0.925. The number of ether oxygens (including phenoxy) is 1. The average molecular weight is 305 g/mol. The van der Waals surface area contributed by atoms with E-state index in [1.54, 1.807) is 0 Å². The van der Waals surface area contributed by atoms with Gasteiger partial charge in [0.05, 0.1) is 5.92 Å². The summed E-state index contributed by atoms with van der Waals surface area (Å²) in [5, 5.41) is 9.55. The molecule has 3 rings (SSSR count). The van der Waals surface area contributed by atoms with Gasteiger partial charge in [-0.1, -0.05) is 35.9 Å². The largest absolute Gasteiger partial charge is 0.440 e. The number of fused-ring (bicyclic) bond motifs is 1. The Balaban J connectivity index is 2.20. The molecule has 4 heteroatoms. The van der Waals surface area contributed by atoms with Crippen LogP contribution in [0, 0.1) is 18.3 Å². The molecule has 1 aliphatic rings. The van der Waals surface area contributed by atoms with Crippen molar-refractivity contribution in [1.29, 1.82) is 5.26 Å². The Morgan fingerprint density at radius 3 is 2.61 bits per heavy atom. The lowest BCUT2D eigenvalue weighted by Gasteiger charge is -2.27. The molecule has 1 aliphatic heterocycles. The lowest BCUT2D eigenvalue weighted by atomic mass is 9.83. The van der Waals surface area contributed by atoms with Crippen LogP contribution >= 0.6 is 0 Å². The van der Waals surface area contributed by atoms with Gasteiger partial charge in [0.2, 0.25) is 5.88 Å². The number of anilines is 1. The number of nitrogens with zero attached hydrogens (tertiary/aromatic N) is 2. The van der Waals surface area contributed by atoms with Gasteiger partial charge in [-0.2, -0.15) is 5.26 Å². The van der Waals surface area contributed by atoms with Crippen LogP contribution in [-0.2, 0) is 0 Å². The standard InChI is InChI=1S/C19H19N3O/c1-12-5-4-6-13(9-12)18-15-8-7-14(22(2)3)10-17(15)23-19(21)16(18)11-20/h4-10,18H,21H2,1-3H3. The van der Waals surface area contributed by atoms with Gasteiger partial charge in [0, 0.05) is 31.4 Å². The molecule has 1 heterocycles. The van der Waals surface area contributed by atoms with Crippen molar-refractivity contribution in [2.75, 3.05) is 19.0 Å². The highest BCUT2D eigenvalue weighted by Crippen LogP contribution is 2.43. The van der Waals surface area contributed by atoms with Crippen molar-refractivity contribution in [3.63, 3.8) is 0 Å². The van der Waals surface area contributed by atoms with Crippen LogP contribution in [0.5, 0.6) is 5.75 Å². The van der Waals surface area contributed by atoms with Crippen molar-refractivity contribution in [3.05, 3.63) is 70.6 Å². The molecule has 0 aromatic heterocycles. The van der Waals surface area contributed by atoms with E-state index in [4.69, 9.17) is 10.5 Å². The van der Waals surface area contributed by atoms with Crippen molar-refractivity contribution in [1.82, 2.24) is 0 Å². The monoisotopic (exact) mass is 305 g/mol. The zero-order valence-electron chi connectivity index (χ0n) is 13.5. The molecule has 0 aliphatic carbocycles. The molecule has 23 heavy (non-hydrogen) atoms. The molecule has 1 unspecified atom stereocenters. The first-order valence-electron chi connectivity index (χ1n) is 7.46. The minimum Gasteiger partial charge on any atom is -0.440 e. The maximum Gasteiger partial charge on any atom is 0.205 e. The number of aryl methyl sites for hydroxylation is 1. The van der Waals surface area contributed by atoms with Gasteiger partial charge in [-0.15, -0.1) is 0 Å². The molecule has 2 N–H and O–H groups in total. The molecule has 0 saturated carbocycles. The van der Waals surface area contributed by atoms with E-state index in [1.165, 1.54) is 0 Å². The van der Waals surface area contributed by atoms with E-state index in [-0.39, 0.29) is 11.8 Å². The summed E-state index contributed by atoms with van der Waals surface area (Å²) in [5.41, 5.74) is 10.7. The summed E-state index contributed by atoms with van der Waals surface area (Å²) >= 11 is 0. The molecular weight excluding hydrogens is 286 g/mol. The molecule has 0 spiro atoms. The van der Waals surface area contributed by atoms with E-state index in [2.05, 4.69) is 12.1 Å². The molecular formula is C19H19N3O. The van der Waals surface area contributed by atoms with E-state index in [1.807, 2.05) is 62.3 Å². The first-order chi connectivity index (χ1) is 11.0. The van der Waals surface area contributed by atoms with Crippen molar-refractivity contribution >= 4 is 5.69 Å². The summed E-state index contributed by atoms with van der Waals surface area (Å²) in [6, 6.07) is 16.4. The van der Waals surface area contributed by atoms with Crippen LogP contribution in [-0.4, -0.2) is 14.1 Å². The van der Waals surface area contributed by atoms with Gasteiger partial charge < -0.3 is 15.4 Å². The number of nitriles is 1. The highest BCUT2D eigenvalue weighted by molar-refractivity contribution is 5.61. The Hall–Kier alpha value is -2.93. The average Bonchev–Trinajstić information content (AvgIpc) is 2.52. The molecule has 0 amide bonds. The number of hydrogen-bond acceptors (Lipinski definition) is 4. The fourth-order valence-electron chi connectivity index (χ4n) is 2.91. The molecule has 0 radical (unpaired) electrons. The van der Waals surface area contributed by atoms with Gasteiger partial charge in [0.25, 0.3) is 0 Å². The number of allylic oxidation sites excluding steroid dienone is 1. The smallest absolute Gasteiger partial charge is 0.205 e. The molecule has 1 atom stereocenters. The fourth-order valence-corrected chi connectivity index (χ4v) is 2.91. The van der Waals surface area contributed by atoms with Crippen LogP contribution in [0.25, 0.3) is 0 Å². The Morgan fingerprint density at radius 2 is 1.96 bits per heavy atom. The van der Waals surface area contributed by atoms with E-state index < -0.39 is 0 Å². The Kier molecular flexibility index (Phi) is 3.71. The van der Waals surface area contributed by atoms with Crippen molar-refractivity contribution < 1.29 is 4.74 Å². The predicted molar refractivity (Wildman–Crippen MR) is 91.2 cm³/mol. The number of hydrogen-bond donors (Lipinski definition) is 1. The van der Waals surface area contributed by atoms with Crippen molar-refractivity contribution in [3.8, 4) is 11.8 Å². The van der Waals surface area contributed by atoms with E-state index >= 15 is 0 Å². The summed E-state index contributed by atoms with van der Waals surface area (Å²) in [4.78, 5) is 2.00. The third-order valence-corrected chi connectivity index (χ3v) is 4.09. The summed E-state index contributed by atoms with van der Waals surface area (Å²) < 4.78 is 5.72. The molecule has 0 fully saturated rings. The van der Waals surface area contributed by atoms with Crippen molar-refractivity contribution in [2.24, 2.45) is 5.73 Å². The van der Waals surface area contributed by atoms with Gasteiger partial charge in [-0.05, 0) is 18.6 Å². The fraction of sp³-hybridized carbons (Fsp3) is 0.211. The molecule has 0 bridgehead atoms. The number of benzene rings is 2. The third kappa shape index (κ3) is 2.62. The minimum absolute atomic E-state index is 0.183. The summed E-state index contributed by atoms with van der Waals surface area (Å²) in [5.74, 6) is 0.696. The normalized spacial score (nSPS) is 16.3. The number of rotatable bonds is 2. The number of nitrogens with two attached hydrogens (primary N) is 1. The zero-order valence-corrected chi connectivity index (χ0v) is 13.5. The first-order valence-corrected chi connectivity index (χ1v) is 7.46. The van der Waals surface area contributed by atoms with Gasteiger partial charge >= 0.3 is 0 Å². The zero-order chi connectivity index (χ0) is 16.6. The molecule has 116 valence electrons. The van der Waals surface area contributed by atoms with Gasteiger partial charge in [0.15, 0.2) is 0 Å². The lowest BCUT2D eigenvalue weighted by molar-refractivity contribution is 0.394. The maximum atomic E-state index is 9.55. The molecule has 2 aromatic rings. The van der Waals surface area contributed by atoms with Crippen LogP contribution in [0.3, 0.4) is 0 Å². The van der Waals surface area contributed by atoms with Gasteiger partial charge in [-0.3, -0.25) is 0 Å². The van der Waals surface area contributed by atoms with Crippen LogP contribution in [0.1, 0.15) is 22.6 Å². The van der Waals surface area contributed by atoms with Gasteiger partial charge in [0.1, 0.15) is 17.4 Å². The molecule has 0 saturated heterocycles. The summed E-state index contributed by atoms with van der Waals surface area (Å²) in [6.45, 7) is 2.04. The van der Waals surface area contributed by atoms with E-state index in [0.29, 0.717) is 11.3 Å². The second-order valence-electron chi connectivity index (χ2n) is 5.96. The Labute approximate surface area is 136 Å². The summed E-state index contributed by atoms with van der Waals surface area (Å²) in [6.07, 6.45) is 0. The third-order valence-electron chi connectivity index (χ3n) is 4.09. The first kappa shape index (κ1) is 15.0. The van der Waals surface area contributed by atoms with Crippen LogP contribution in [0.4, 0.5) is 5.69 Å². The van der Waals surface area contributed by atoms with E-state index in [9.17, 15) is 5.26 Å².